The number of carbonyl (C=O) groups excluding carboxylic acids is 4. The molecule has 1 aliphatic rings. The number of likely N-dealkylation sites (tertiary alicyclic amines) is 1. The minimum atomic E-state index is -0.742. The van der Waals surface area contributed by atoms with Crippen LogP contribution in [0.5, 0.6) is 0 Å². The number of hydrogen-bond donors (Lipinski definition) is 4. The lowest BCUT2D eigenvalue weighted by Crippen LogP contribution is -2.51. The molecule has 1 saturated heterocycles. The third kappa shape index (κ3) is 9.07. The van der Waals surface area contributed by atoms with E-state index in [1.54, 1.807) is 22.2 Å². The Morgan fingerprint density at radius 2 is 1.29 bits per heavy atom. The number of hydrogen-bond acceptors (Lipinski definition) is 8. The van der Waals surface area contributed by atoms with Gasteiger partial charge in [0.15, 0.2) is 0 Å². The third-order valence-electron chi connectivity index (χ3n) is 10.0. The number of ether oxygens (including phenoxy) is 2. The molecule has 4 amide bonds. The summed E-state index contributed by atoms with van der Waals surface area (Å²) in [4.78, 5) is 70.5. The first kappa shape index (κ1) is 40.3. The van der Waals surface area contributed by atoms with E-state index in [2.05, 4.69) is 49.3 Å². The highest BCUT2D eigenvalue weighted by Gasteiger charge is 2.39. The fourth-order valence-corrected chi connectivity index (χ4v) is 6.83. The summed E-state index contributed by atoms with van der Waals surface area (Å²) in [6.45, 7) is 16.3. The lowest BCUT2D eigenvalue weighted by Gasteiger charge is -2.32. The number of rotatable bonds is 13. The van der Waals surface area contributed by atoms with E-state index in [9.17, 15) is 19.2 Å². The molecule has 14 heteroatoms. The molecule has 0 bridgehead atoms. The average molecular weight is 753 g/mol. The predicted octanol–water partition coefficient (Wildman–Crippen LogP) is 6.63. The molecular weight excluding hydrogens is 701 g/mol. The first-order valence-corrected chi connectivity index (χ1v) is 18.5. The van der Waals surface area contributed by atoms with E-state index in [1.807, 2.05) is 77.9 Å². The van der Waals surface area contributed by atoms with Crippen LogP contribution in [0.3, 0.4) is 0 Å². The van der Waals surface area contributed by atoms with Crippen molar-refractivity contribution >= 4 is 24.0 Å². The van der Waals surface area contributed by atoms with E-state index in [0.717, 1.165) is 39.2 Å². The average Bonchev–Trinajstić information content (AvgIpc) is 3.96. The number of aromatic nitrogens is 4. The lowest BCUT2D eigenvalue weighted by atomic mass is 10.0. The Kier molecular flexibility index (Phi) is 12.8. The van der Waals surface area contributed by atoms with Crippen LogP contribution in [-0.4, -0.2) is 93.1 Å². The molecule has 0 saturated carbocycles. The second-order valence-electron chi connectivity index (χ2n) is 14.5. The molecule has 0 spiro atoms. The Hall–Kier alpha value is -5.92. The molecule has 0 radical (unpaired) electrons. The molecule has 14 nitrogen and oxygen atoms in total. The number of H-pyrrole nitrogens is 2. The quantitative estimate of drug-likeness (QED) is 0.110. The predicted molar refractivity (Wildman–Crippen MR) is 209 cm³/mol. The number of imidazole rings is 2. The Morgan fingerprint density at radius 3 is 1.80 bits per heavy atom. The van der Waals surface area contributed by atoms with Gasteiger partial charge < -0.3 is 39.9 Å². The number of methoxy groups -OCH3 is 2. The van der Waals surface area contributed by atoms with Crippen LogP contribution in [0.1, 0.15) is 71.7 Å². The summed E-state index contributed by atoms with van der Waals surface area (Å²) in [5.74, 6) is 0.600. The molecule has 4 aromatic rings. The van der Waals surface area contributed by atoms with E-state index in [4.69, 9.17) is 9.47 Å². The zero-order valence-corrected chi connectivity index (χ0v) is 32.8. The molecule has 1 aliphatic heterocycles. The number of amides is 4. The molecule has 1 fully saturated rings. The van der Waals surface area contributed by atoms with Gasteiger partial charge in [-0.2, -0.15) is 0 Å². The monoisotopic (exact) mass is 752 g/mol. The highest BCUT2D eigenvalue weighted by atomic mass is 16.5. The fraction of sp³-hybridized carbons (Fsp3) is 0.415. The summed E-state index contributed by atoms with van der Waals surface area (Å²) in [6, 6.07) is 14.1. The van der Waals surface area contributed by atoms with Gasteiger partial charge in [0.2, 0.25) is 11.8 Å². The van der Waals surface area contributed by atoms with E-state index in [1.165, 1.54) is 14.2 Å². The summed E-state index contributed by atoms with van der Waals surface area (Å²) in [5, 5.41) is 5.34. The fourth-order valence-electron chi connectivity index (χ4n) is 6.83. The van der Waals surface area contributed by atoms with Crippen LogP contribution in [0.25, 0.3) is 33.6 Å². The van der Waals surface area contributed by atoms with Crippen LogP contribution in [0.15, 0.2) is 73.1 Å². The van der Waals surface area contributed by atoms with Gasteiger partial charge in [-0.3, -0.25) is 9.59 Å². The molecule has 0 aliphatic carbocycles. The van der Waals surface area contributed by atoms with E-state index in [0.29, 0.717) is 31.2 Å². The molecule has 2 aromatic carbocycles. The van der Waals surface area contributed by atoms with Crippen LogP contribution >= 0.6 is 0 Å². The van der Waals surface area contributed by atoms with E-state index in [-0.39, 0.29) is 35.7 Å². The maximum Gasteiger partial charge on any atom is 0.407 e. The topological polar surface area (TPSA) is 175 Å². The lowest BCUT2D eigenvalue weighted by molar-refractivity contribution is -0.136. The molecule has 2 aromatic heterocycles. The summed E-state index contributed by atoms with van der Waals surface area (Å²) < 4.78 is 9.49. The van der Waals surface area contributed by atoms with Gasteiger partial charge in [0.1, 0.15) is 23.7 Å². The molecule has 3 heterocycles. The number of likely N-dealkylation sites (N-methyl/N-ethyl adjacent to an activating group) is 1. The van der Waals surface area contributed by atoms with Gasteiger partial charge in [-0.15, -0.1) is 0 Å². The Labute approximate surface area is 322 Å². The van der Waals surface area contributed by atoms with Gasteiger partial charge in [0.05, 0.1) is 50.1 Å². The first-order valence-electron chi connectivity index (χ1n) is 18.5. The van der Waals surface area contributed by atoms with Crippen molar-refractivity contribution in [3.05, 3.63) is 84.7 Å². The molecule has 4 N–H and O–H groups in total. The first-order chi connectivity index (χ1) is 26.3. The van der Waals surface area contributed by atoms with Crippen LogP contribution in [-0.2, 0) is 19.1 Å². The van der Waals surface area contributed by atoms with E-state index < -0.39 is 24.3 Å². The number of benzene rings is 2. The standard InChI is InChI=1S/C41H52N8O6/c1-10-48(38(50)34(23(2)3)46-40(52)54-8)26(7)36-42-20-31(44-36)29-15-11-27(12-16-29)28-13-17-30(18-14-28)32-21-43-37(45-32)33-19-25(6)22-49(33)39(51)35(24(4)5)47-41(53)55-9/h11-18,20-21,23-24,26,33-35H,6,10,19,22H2,1-5,7-9H3,(H,42,44)(H,43,45)(H,46,52)(H,47,53)/t26-,33-,34-,35-/m0/s1. The largest absolute Gasteiger partial charge is 0.453 e. The van der Waals surface area contributed by atoms with Gasteiger partial charge in [-0.25, -0.2) is 19.6 Å². The number of nitrogens with zero attached hydrogens (tertiary/aromatic N) is 4. The van der Waals surface area contributed by atoms with Crippen LogP contribution < -0.4 is 10.6 Å². The minimum Gasteiger partial charge on any atom is -0.453 e. The molecular formula is C41H52N8O6. The van der Waals surface area contributed by atoms with Crippen molar-refractivity contribution in [2.24, 2.45) is 11.8 Å². The Bertz CT molecular complexity index is 1980. The maximum absolute atomic E-state index is 13.6. The Balaban J connectivity index is 1.26. The van der Waals surface area contributed by atoms with Crippen LogP contribution in [0.4, 0.5) is 9.59 Å². The van der Waals surface area contributed by atoms with Crippen molar-refractivity contribution in [1.82, 2.24) is 40.4 Å². The maximum atomic E-state index is 13.6. The van der Waals surface area contributed by atoms with Gasteiger partial charge in [-0.1, -0.05) is 88.4 Å². The number of alkyl carbamates (subject to hydrolysis) is 2. The van der Waals surface area contributed by atoms with Crippen molar-refractivity contribution in [2.45, 2.75) is 72.1 Å². The molecule has 55 heavy (non-hydrogen) atoms. The zero-order valence-electron chi connectivity index (χ0n) is 32.8. The molecule has 292 valence electrons. The van der Waals surface area contributed by atoms with Gasteiger partial charge in [0.25, 0.3) is 0 Å². The van der Waals surface area contributed by atoms with Gasteiger partial charge in [0, 0.05) is 13.1 Å². The van der Waals surface area contributed by atoms with Crippen LogP contribution in [0, 0.1) is 11.8 Å². The summed E-state index contributed by atoms with van der Waals surface area (Å²) >= 11 is 0. The number of carbonyl (C=O) groups is 4. The SMILES string of the molecule is C=C1C[C@@H](c2ncc(-c3ccc(-c4ccc(-c5cnc([C@H](C)N(CC)C(=O)[C@@H](NC(=O)OC)C(C)C)[nH]5)cc4)cc3)[nH]2)N(C(=O)[C@@H](NC(=O)OC)C(C)C)C1. The second kappa shape index (κ2) is 17.5. The number of nitrogens with one attached hydrogen (secondary N) is 4. The smallest absolute Gasteiger partial charge is 0.407 e. The van der Waals surface area contributed by atoms with Gasteiger partial charge >= 0.3 is 12.2 Å². The minimum absolute atomic E-state index is 0.135. The molecule has 4 atom stereocenters. The number of aromatic amines is 2. The second-order valence-corrected chi connectivity index (χ2v) is 14.5. The molecule has 0 unspecified atom stereocenters. The van der Waals surface area contributed by atoms with Crippen molar-refractivity contribution < 1.29 is 28.7 Å². The highest BCUT2D eigenvalue weighted by molar-refractivity contribution is 5.87. The summed E-state index contributed by atoms with van der Waals surface area (Å²) in [5.41, 5.74) is 6.52. The normalized spacial score (nSPS) is 15.8. The zero-order chi connectivity index (χ0) is 40.0. The van der Waals surface area contributed by atoms with Crippen LogP contribution in [0.2, 0.25) is 0 Å². The van der Waals surface area contributed by atoms with Crippen molar-refractivity contribution in [3.8, 4) is 33.6 Å². The van der Waals surface area contributed by atoms with Crippen molar-refractivity contribution in [1.29, 1.82) is 0 Å². The highest BCUT2D eigenvalue weighted by Crippen LogP contribution is 2.35. The van der Waals surface area contributed by atoms with Crippen molar-refractivity contribution in [3.63, 3.8) is 0 Å². The summed E-state index contributed by atoms with van der Waals surface area (Å²) in [6.07, 6.45) is 2.80. The Morgan fingerprint density at radius 1 is 0.800 bits per heavy atom. The van der Waals surface area contributed by atoms with Crippen molar-refractivity contribution in [2.75, 3.05) is 27.3 Å². The van der Waals surface area contributed by atoms with Gasteiger partial charge in [-0.05, 0) is 54.4 Å². The summed E-state index contributed by atoms with van der Waals surface area (Å²) in [7, 11) is 2.55. The van der Waals surface area contributed by atoms with E-state index >= 15 is 0 Å². The third-order valence-corrected chi connectivity index (χ3v) is 10.0. The molecule has 5 rings (SSSR count).